The van der Waals surface area contributed by atoms with Gasteiger partial charge in [0.25, 0.3) is 5.91 Å². The molecule has 1 aliphatic rings. The summed E-state index contributed by atoms with van der Waals surface area (Å²) in [7, 11) is 0. The predicted molar refractivity (Wildman–Crippen MR) is 118 cm³/mol. The van der Waals surface area contributed by atoms with Crippen LogP contribution in [0.1, 0.15) is 38.3 Å². The van der Waals surface area contributed by atoms with Crippen LogP contribution in [-0.4, -0.2) is 28.6 Å². The first-order valence-corrected chi connectivity index (χ1v) is 10.4. The molecular formula is C23H26N2O2S. The summed E-state index contributed by atoms with van der Waals surface area (Å²) in [5.74, 6) is 0.844. The van der Waals surface area contributed by atoms with Crippen LogP contribution >= 0.6 is 11.8 Å². The van der Waals surface area contributed by atoms with Crippen molar-refractivity contribution in [2.45, 2.75) is 40.2 Å². The number of carbonyl (C=O) groups is 1. The van der Waals surface area contributed by atoms with Gasteiger partial charge in [-0.2, -0.15) is 0 Å². The number of carbonyl (C=O) groups excluding carboxylic acids is 1. The van der Waals surface area contributed by atoms with Crippen LogP contribution in [0.15, 0.2) is 58.4 Å². The van der Waals surface area contributed by atoms with Gasteiger partial charge in [0.05, 0.1) is 17.2 Å². The van der Waals surface area contributed by atoms with E-state index < -0.39 is 0 Å². The second-order valence-corrected chi connectivity index (χ2v) is 7.78. The van der Waals surface area contributed by atoms with E-state index in [1.54, 1.807) is 0 Å². The Balaban J connectivity index is 1.91. The topological polar surface area (TPSA) is 41.9 Å². The van der Waals surface area contributed by atoms with Gasteiger partial charge in [-0.15, -0.1) is 0 Å². The van der Waals surface area contributed by atoms with Crippen molar-refractivity contribution in [3.05, 3.63) is 64.6 Å². The summed E-state index contributed by atoms with van der Waals surface area (Å²) in [6.45, 7) is 8.79. The maximum Gasteiger partial charge on any atom is 0.266 e. The zero-order valence-corrected chi connectivity index (χ0v) is 17.6. The van der Waals surface area contributed by atoms with Gasteiger partial charge < -0.3 is 4.74 Å². The van der Waals surface area contributed by atoms with Crippen LogP contribution in [-0.2, 0) is 4.79 Å². The lowest BCUT2D eigenvalue weighted by atomic mass is 10.2. The van der Waals surface area contributed by atoms with E-state index in [9.17, 15) is 4.79 Å². The summed E-state index contributed by atoms with van der Waals surface area (Å²) >= 11 is 1.44. The molecule has 1 heterocycles. The Labute approximate surface area is 171 Å². The van der Waals surface area contributed by atoms with Gasteiger partial charge in [0.15, 0.2) is 5.17 Å². The lowest BCUT2D eigenvalue weighted by Gasteiger charge is -2.22. The molecule has 5 heteroatoms. The van der Waals surface area contributed by atoms with Crippen LogP contribution in [0.4, 0.5) is 5.69 Å². The third kappa shape index (κ3) is 4.65. The number of ether oxygens (including phenoxy) is 1. The molecule has 0 aliphatic carbocycles. The molecule has 28 heavy (non-hydrogen) atoms. The van der Waals surface area contributed by atoms with E-state index in [1.165, 1.54) is 17.3 Å². The average Bonchev–Trinajstić information content (AvgIpc) is 2.99. The minimum absolute atomic E-state index is 0.0131. The Bertz CT molecular complexity index is 886. The molecule has 0 radical (unpaired) electrons. The molecule has 1 aliphatic heterocycles. The molecule has 1 atom stereocenters. The summed E-state index contributed by atoms with van der Waals surface area (Å²) in [5, 5.41) is 0.736. The van der Waals surface area contributed by atoms with Crippen molar-refractivity contribution < 1.29 is 9.53 Å². The molecule has 146 valence electrons. The molecule has 0 aromatic heterocycles. The van der Waals surface area contributed by atoms with Gasteiger partial charge in [0.1, 0.15) is 5.75 Å². The van der Waals surface area contributed by atoms with E-state index in [0.717, 1.165) is 28.6 Å². The van der Waals surface area contributed by atoms with Crippen LogP contribution in [0.5, 0.6) is 5.75 Å². The quantitative estimate of drug-likeness (QED) is 0.582. The molecule has 1 fully saturated rings. The standard InChI is InChI=1S/C23H26N2O2S/c1-5-17(4)25-22(26)21(15-18-9-13-20(14-10-18)27-6-2)28-23(25)24-19-11-7-16(3)8-12-19/h7-15,17H,5-6H2,1-4H3/b21-15+,24-23?/t17-/m1/s1. The van der Waals surface area contributed by atoms with Crippen LogP contribution in [0.3, 0.4) is 0 Å². The number of rotatable bonds is 6. The third-order valence-corrected chi connectivity index (χ3v) is 5.60. The van der Waals surface area contributed by atoms with E-state index >= 15 is 0 Å². The summed E-state index contributed by atoms with van der Waals surface area (Å²) < 4.78 is 5.49. The minimum atomic E-state index is 0.0131. The van der Waals surface area contributed by atoms with E-state index in [2.05, 4.69) is 13.8 Å². The van der Waals surface area contributed by atoms with Crippen molar-refractivity contribution in [2.75, 3.05) is 6.61 Å². The lowest BCUT2D eigenvalue weighted by Crippen LogP contribution is -2.36. The van der Waals surface area contributed by atoms with Crippen molar-refractivity contribution in [2.24, 2.45) is 4.99 Å². The largest absolute Gasteiger partial charge is 0.494 e. The summed E-state index contributed by atoms with van der Waals surface area (Å²) in [6, 6.07) is 15.9. The van der Waals surface area contributed by atoms with Crippen LogP contribution in [0, 0.1) is 6.92 Å². The van der Waals surface area contributed by atoms with Crippen molar-refractivity contribution in [1.82, 2.24) is 4.90 Å². The summed E-state index contributed by atoms with van der Waals surface area (Å²) in [4.78, 5) is 20.3. The van der Waals surface area contributed by atoms with Gasteiger partial charge in [-0.25, -0.2) is 4.99 Å². The number of hydrogen-bond acceptors (Lipinski definition) is 4. The van der Waals surface area contributed by atoms with E-state index in [-0.39, 0.29) is 11.9 Å². The molecule has 0 saturated carbocycles. The van der Waals surface area contributed by atoms with Crippen molar-refractivity contribution in [3.63, 3.8) is 0 Å². The first kappa shape index (κ1) is 20.2. The molecule has 2 aromatic rings. The number of benzene rings is 2. The molecule has 1 saturated heterocycles. The van der Waals surface area contributed by atoms with E-state index in [0.29, 0.717) is 11.5 Å². The zero-order chi connectivity index (χ0) is 20.1. The van der Waals surface area contributed by atoms with E-state index in [4.69, 9.17) is 9.73 Å². The Hall–Kier alpha value is -2.53. The fraction of sp³-hybridized carbons (Fsp3) is 0.304. The molecule has 0 N–H and O–H groups in total. The minimum Gasteiger partial charge on any atom is -0.494 e. The maximum atomic E-state index is 13.1. The number of hydrogen-bond donors (Lipinski definition) is 0. The molecular weight excluding hydrogens is 368 g/mol. The van der Waals surface area contributed by atoms with E-state index in [1.807, 2.05) is 73.4 Å². The number of aliphatic imine (C=N–C) groups is 1. The van der Waals surface area contributed by atoms with Gasteiger partial charge in [-0.05, 0) is 74.9 Å². The number of nitrogens with zero attached hydrogens (tertiary/aromatic N) is 2. The van der Waals surface area contributed by atoms with Crippen LogP contribution < -0.4 is 4.74 Å². The molecule has 0 bridgehead atoms. The summed E-state index contributed by atoms with van der Waals surface area (Å²) in [6.07, 6.45) is 2.80. The van der Waals surface area contributed by atoms with Gasteiger partial charge in [-0.3, -0.25) is 9.69 Å². The fourth-order valence-electron chi connectivity index (χ4n) is 2.84. The number of thioether (sulfide) groups is 1. The van der Waals surface area contributed by atoms with Gasteiger partial charge in [-0.1, -0.05) is 36.8 Å². The van der Waals surface area contributed by atoms with Crippen LogP contribution in [0.25, 0.3) is 6.08 Å². The summed E-state index contributed by atoms with van der Waals surface area (Å²) in [5.41, 5.74) is 3.02. The first-order valence-electron chi connectivity index (χ1n) is 9.63. The normalized spacial score (nSPS) is 18.1. The van der Waals surface area contributed by atoms with Gasteiger partial charge in [0.2, 0.25) is 0 Å². The average molecular weight is 395 g/mol. The molecule has 2 aromatic carbocycles. The van der Waals surface area contributed by atoms with Gasteiger partial charge >= 0.3 is 0 Å². The van der Waals surface area contributed by atoms with Crippen molar-refractivity contribution in [3.8, 4) is 5.75 Å². The molecule has 1 amide bonds. The van der Waals surface area contributed by atoms with Crippen molar-refractivity contribution >= 4 is 34.6 Å². The Morgan fingerprint density at radius 1 is 1.11 bits per heavy atom. The Morgan fingerprint density at radius 3 is 2.39 bits per heavy atom. The fourth-order valence-corrected chi connectivity index (χ4v) is 3.93. The molecule has 4 nitrogen and oxygen atoms in total. The molecule has 0 spiro atoms. The van der Waals surface area contributed by atoms with Crippen molar-refractivity contribution in [1.29, 1.82) is 0 Å². The first-order chi connectivity index (χ1) is 13.5. The predicted octanol–water partition coefficient (Wildman–Crippen LogP) is 5.80. The number of amidine groups is 1. The Kier molecular flexibility index (Phi) is 6.57. The SMILES string of the molecule is CCOc1ccc(/C=C2/SC(=Nc3ccc(C)cc3)N([C@H](C)CC)C2=O)cc1. The second kappa shape index (κ2) is 9.11. The van der Waals surface area contributed by atoms with Crippen LogP contribution in [0.2, 0.25) is 0 Å². The number of aryl methyl sites for hydroxylation is 1. The third-order valence-electron chi connectivity index (χ3n) is 4.62. The highest BCUT2D eigenvalue weighted by atomic mass is 32.2. The van der Waals surface area contributed by atoms with Gasteiger partial charge in [0, 0.05) is 6.04 Å². The second-order valence-electron chi connectivity index (χ2n) is 6.78. The smallest absolute Gasteiger partial charge is 0.266 e. The maximum absolute atomic E-state index is 13.1. The lowest BCUT2D eigenvalue weighted by molar-refractivity contribution is -0.123. The number of amides is 1. The Morgan fingerprint density at radius 2 is 1.79 bits per heavy atom. The zero-order valence-electron chi connectivity index (χ0n) is 16.8. The highest BCUT2D eigenvalue weighted by Crippen LogP contribution is 2.36. The highest BCUT2D eigenvalue weighted by molar-refractivity contribution is 8.18. The monoisotopic (exact) mass is 394 g/mol. The molecule has 3 rings (SSSR count). The highest BCUT2D eigenvalue weighted by Gasteiger charge is 2.36. The molecule has 0 unspecified atom stereocenters.